The topological polar surface area (TPSA) is 97.6 Å². The van der Waals surface area contributed by atoms with E-state index in [0.29, 0.717) is 33.3 Å². The Hall–Kier alpha value is -4.10. The molecule has 0 aliphatic rings. The van der Waals surface area contributed by atoms with Gasteiger partial charge in [0.05, 0.1) is 11.4 Å². The number of rotatable bonds is 6. The first-order valence-electron chi connectivity index (χ1n) is 9.60. The largest absolute Gasteiger partial charge is 0.484 e. The summed E-state index contributed by atoms with van der Waals surface area (Å²) in [5.74, 6) is -0.378. The average molecular weight is 449 g/mol. The van der Waals surface area contributed by atoms with Crippen molar-refractivity contribution in [2.45, 2.75) is 0 Å². The Bertz CT molecular complexity index is 1350. The Labute approximate surface area is 187 Å². The van der Waals surface area contributed by atoms with Crippen molar-refractivity contribution >= 4 is 45.8 Å². The summed E-state index contributed by atoms with van der Waals surface area (Å²) < 4.78 is 10.6. The first-order valence-corrected chi connectivity index (χ1v) is 9.98. The molecule has 1 heterocycles. The predicted molar refractivity (Wildman–Crippen MR) is 122 cm³/mol. The number of fused-ring (bicyclic) bond motifs is 1. The summed E-state index contributed by atoms with van der Waals surface area (Å²) in [4.78, 5) is 36.3. The molecule has 2 N–H and O–H groups in total. The smallest absolute Gasteiger partial charge is 0.336 e. The van der Waals surface area contributed by atoms with Gasteiger partial charge < -0.3 is 19.8 Å². The third kappa shape index (κ3) is 5.14. The maximum absolute atomic E-state index is 12.5. The van der Waals surface area contributed by atoms with Crippen molar-refractivity contribution in [3.8, 4) is 5.75 Å². The lowest BCUT2D eigenvalue weighted by Crippen LogP contribution is -2.21. The van der Waals surface area contributed by atoms with Gasteiger partial charge in [-0.3, -0.25) is 9.59 Å². The molecule has 0 radical (unpaired) electrons. The highest BCUT2D eigenvalue weighted by Gasteiger charge is 2.12. The number of ether oxygens (including phenoxy) is 1. The summed E-state index contributed by atoms with van der Waals surface area (Å²) in [6.07, 6.45) is 0. The minimum Gasteiger partial charge on any atom is -0.484 e. The standard InChI is InChI=1S/C24H17ClN2O5/c25-17-9-5-16(6-10-17)24(30)27-20-4-2-1-3-19(20)26-22(28)14-31-18-11-7-15-8-12-23(29)32-21(15)13-18/h1-13H,14H2,(H,26,28)(H,27,30). The second-order valence-corrected chi connectivity index (χ2v) is 7.23. The molecule has 2 amide bonds. The molecule has 0 bridgehead atoms. The molecule has 0 saturated heterocycles. The van der Waals surface area contributed by atoms with E-state index in [-0.39, 0.29) is 12.5 Å². The van der Waals surface area contributed by atoms with E-state index in [9.17, 15) is 14.4 Å². The number of amides is 2. The Morgan fingerprint density at radius 2 is 1.56 bits per heavy atom. The van der Waals surface area contributed by atoms with E-state index in [4.69, 9.17) is 20.8 Å². The Balaban J connectivity index is 1.41. The summed E-state index contributed by atoms with van der Waals surface area (Å²) in [6, 6.07) is 21.2. The zero-order chi connectivity index (χ0) is 22.5. The molecule has 160 valence electrons. The summed E-state index contributed by atoms with van der Waals surface area (Å²) in [5, 5.41) is 6.76. The van der Waals surface area contributed by atoms with Crippen molar-refractivity contribution in [2.24, 2.45) is 0 Å². The van der Waals surface area contributed by atoms with E-state index in [0.717, 1.165) is 5.39 Å². The third-order valence-electron chi connectivity index (χ3n) is 4.52. The average Bonchev–Trinajstić information content (AvgIpc) is 2.79. The molecule has 3 aromatic carbocycles. The highest BCUT2D eigenvalue weighted by atomic mass is 35.5. The highest BCUT2D eigenvalue weighted by Crippen LogP contribution is 2.23. The van der Waals surface area contributed by atoms with Crippen LogP contribution in [0.25, 0.3) is 11.0 Å². The highest BCUT2D eigenvalue weighted by molar-refractivity contribution is 6.30. The van der Waals surface area contributed by atoms with Gasteiger partial charge in [0.25, 0.3) is 11.8 Å². The van der Waals surface area contributed by atoms with Crippen molar-refractivity contribution in [3.63, 3.8) is 0 Å². The van der Waals surface area contributed by atoms with Crippen molar-refractivity contribution < 1.29 is 18.7 Å². The molecule has 0 atom stereocenters. The van der Waals surface area contributed by atoms with E-state index in [1.807, 2.05) is 0 Å². The van der Waals surface area contributed by atoms with Crippen LogP contribution in [0.4, 0.5) is 11.4 Å². The van der Waals surface area contributed by atoms with Gasteiger partial charge in [-0.2, -0.15) is 0 Å². The Morgan fingerprint density at radius 1 is 0.875 bits per heavy atom. The summed E-state index contributed by atoms with van der Waals surface area (Å²) in [5.41, 5.74) is 1.19. The van der Waals surface area contributed by atoms with E-state index in [2.05, 4.69) is 10.6 Å². The van der Waals surface area contributed by atoms with Crippen LogP contribution in [0, 0.1) is 0 Å². The lowest BCUT2D eigenvalue weighted by Gasteiger charge is -2.13. The second kappa shape index (κ2) is 9.36. The van der Waals surface area contributed by atoms with Crippen LogP contribution >= 0.6 is 11.6 Å². The molecule has 0 aliphatic carbocycles. The van der Waals surface area contributed by atoms with Crippen molar-refractivity contribution in [3.05, 3.63) is 99.9 Å². The van der Waals surface area contributed by atoms with Crippen LogP contribution in [-0.4, -0.2) is 18.4 Å². The molecule has 4 aromatic rings. The van der Waals surface area contributed by atoms with Crippen LogP contribution in [0.1, 0.15) is 10.4 Å². The fourth-order valence-corrected chi connectivity index (χ4v) is 3.09. The lowest BCUT2D eigenvalue weighted by molar-refractivity contribution is -0.118. The fourth-order valence-electron chi connectivity index (χ4n) is 2.96. The molecular formula is C24H17ClN2O5. The maximum atomic E-state index is 12.5. The van der Waals surface area contributed by atoms with Gasteiger partial charge in [0, 0.05) is 28.1 Å². The lowest BCUT2D eigenvalue weighted by atomic mass is 10.2. The van der Waals surface area contributed by atoms with Crippen LogP contribution < -0.4 is 21.0 Å². The molecule has 0 spiro atoms. The van der Waals surface area contributed by atoms with E-state index >= 15 is 0 Å². The number of hydrogen-bond donors (Lipinski definition) is 2. The van der Waals surface area contributed by atoms with Gasteiger partial charge in [0.15, 0.2) is 6.61 Å². The van der Waals surface area contributed by atoms with Crippen LogP contribution in [0.3, 0.4) is 0 Å². The zero-order valence-corrected chi connectivity index (χ0v) is 17.4. The molecule has 8 heteroatoms. The fraction of sp³-hybridized carbons (Fsp3) is 0.0417. The Kier molecular flexibility index (Phi) is 6.19. The number of hydrogen-bond acceptors (Lipinski definition) is 5. The van der Waals surface area contributed by atoms with Crippen LogP contribution in [0.2, 0.25) is 5.02 Å². The quantitative estimate of drug-likeness (QED) is 0.416. The molecule has 4 rings (SSSR count). The third-order valence-corrected chi connectivity index (χ3v) is 4.77. The maximum Gasteiger partial charge on any atom is 0.336 e. The van der Waals surface area contributed by atoms with Crippen molar-refractivity contribution in [1.29, 1.82) is 0 Å². The summed E-state index contributed by atoms with van der Waals surface area (Å²) >= 11 is 5.86. The number of para-hydroxylation sites is 2. The van der Waals surface area contributed by atoms with Gasteiger partial charge >= 0.3 is 5.63 Å². The van der Waals surface area contributed by atoms with Gasteiger partial charge in [-0.15, -0.1) is 0 Å². The molecule has 32 heavy (non-hydrogen) atoms. The number of carbonyl (C=O) groups excluding carboxylic acids is 2. The van der Waals surface area contributed by atoms with E-state index in [1.165, 1.54) is 6.07 Å². The van der Waals surface area contributed by atoms with Crippen LogP contribution in [0.15, 0.2) is 88.1 Å². The van der Waals surface area contributed by atoms with Crippen molar-refractivity contribution in [1.82, 2.24) is 0 Å². The summed E-state index contributed by atoms with van der Waals surface area (Å²) in [6.45, 7) is -0.276. The number of benzene rings is 3. The van der Waals surface area contributed by atoms with Gasteiger partial charge in [-0.1, -0.05) is 23.7 Å². The monoisotopic (exact) mass is 448 g/mol. The van der Waals surface area contributed by atoms with Crippen LogP contribution in [-0.2, 0) is 4.79 Å². The number of anilines is 2. The molecule has 0 unspecified atom stereocenters. The number of nitrogens with one attached hydrogen (secondary N) is 2. The number of halogens is 1. The molecule has 7 nitrogen and oxygen atoms in total. The molecule has 0 fully saturated rings. The molecule has 1 aromatic heterocycles. The van der Waals surface area contributed by atoms with Gasteiger partial charge in [0.1, 0.15) is 11.3 Å². The minimum atomic E-state index is -0.468. The van der Waals surface area contributed by atoms with Crippen molar-refractivity contribution in [2.75, 3.05) is 17.2 Å². The molecule has 0 saturated carbocycles. The van der Waals surface area contributed by atoms with E-state index < -0.39 is 11.5 Å². The van der Waals surface area contributed by atoms with E-state index in [1.54, 1.807) is 72.8 Å². The minimum absolute atomic E-state index is 0.276. The van der Waals surface area contributed by atoms with Crippen LogP contribution in [0.5, 0.6) is 5.75 Å². The predicted octanol–water partition coefficient (Wildman–Crippen LogP) is 4.72. The van der Waals surface area contributed by atoms with Gasteiger partial charge in [0.2, 0.25) is 0 Å². The summed E-state index contributed by atoms with van der Waals surface area (Å²) in [7, 11) is 0. The Morgan fingerprint density at radius 3 is 2.31 bits per heavy atom. The normalized spacial score (nSPS) is 10.5. The molecule has 0 aliphatic heterocycles. The van der Waals surface area contributed by atoms with Gasteiger partial charge in [-0.05, 0) is 54.6 Å². The zero-order valence-electron chi connectivity index (χ0n) is 16.6. The molecular weight excluding hydrogens is 432 g/mol. The van der Waals surface area contributed by atoms with Gasteiger partial charge in [-0.25, -0.2) is 4.79 Å². The first-order chi connectivity index (χ1) is 15.5. The first kappa shape index (κ1) is 21.1. The SMILES string of the molecule is O=C(COc1ccc2ccc(=O)oc2c1)Nc1ccccc1NC(=O)c1ccc(Cl)cc1. The number of carbonyl (C=O) groups is 2. The second-order valence-electron chi connectivity index (χ2n) is 6.80.